The highest BCUT2D eigenvalue weighted by Crippen LogP contribution is 2.28. The summed E-state index contributed by atoms with van der Waals surface area (Å²) in [5.41, 5.74) is 2.16. The molecule has 0 spiro atoms. The summed E-state index contributed by atoms with van der Waals surface area (Å²) in [5, 5.41) is 20.1. The lowest BCUT2D eigenvalue weighted by Crippen LogP contribution is -2.22. The Balaban J connectivity index is 1.83. The lowest BCUT2D eigenvalue weighted by atomic mass is 10.2. The van der Waals surface area contributed by atoms with Gasteiger partial charge in [0.1, 0.15) is 5.69 Å². The number of rotatable bonds is 2. The van der Waals surface area contributed by atoms with E-state index < -0.39 is 0 Å². The highest BCUT2D eigenvalue weighted by Gasteiger charge is 2.21. The number of hydrogen-bond donors (Lipinski definition) is 1. The van der Waals surface area contributed by atoms with Crippen LogP contribution in [-0.4, -0.2) is 34.5 Å². The molecule has 1 saturated heterocycles. The summed E-state index contributed by atoms with van der Waals surface area (Å²) in [7, 11) is 0. The highest BCUT2D eigenvalue weighted by molar-refractivity contribution is 7.13. The van der Waals surface area contributed by atoms with Crippen molar-refractivity contribution < 1.29 is 5.11 Å². The maximum atomic E-state index is 9.51. The molecule has 1 atom stereocenters. The van der Waals surface area contributed by atoms with Crippen molar-refractivity contribution in [1.29, 1.82) is 0 Å². The number of thiophene rings is 1. The predicted octanol–water partition coefficient (Wildman–Crippen LogP) is 2.08. The summed E-state index contributed by atoms with van der Waals surface area (Å²) < 4.78 is 0. The Morgan fingerprint density at radius 1 is 1.33 bits per heavy atom. The maximum absolute atomic E-state index is 9.51. The molecule has 0 aromatic carbocycles. The predicted molar refractivity (Wildman–Crippen MR) is 72.9 cm³/mol. The maximum Gasteiger partial charge on any atom is 0.151 e. The van der Waals surface area contributed by atoms with Crippen LogP contribution in [0, 0.1) is 6.92 Å². The van der Waals surface area contributed by atoms with Gasteiger partial charge in [-0.2, -0.15) is 0 Å². The quantitative estimate of drug-likeness (QED) is 0.899. The molecule has 0 amide bonds. The molecule has 1 fully saturated rings. The number of aryl methyl sites for hydroxylation is 1. The van der Waals surface area contributed by atoms with Gasteiger partial charge in [0.2, 0.25) is 0 Å². The number of aliphatic hydroxyl groups is 1. The van der Waals surface area contributed by atoms with Crippen molar-refractivity contribution in [1.82, 2.24) is 10.2 Å². The van der Waals surface area contributed by atoms with Crippen LogP contribution < -0.4 is 4.90 Å². The van der Waals surface area contributed by atoms with Gasteiger partial charge in [-0.1, -0.05) is 0 Å². The van der Waals surface area contributed by atoms with Crippen LogP contribution in [0.5, 0.6) is 0 Å². The standard InChI is InChI=1S/C13H15N3OS/c1-9-5-7-18-13(9)11-2-3-12(15-14-11)16-6-4-10(17)8-16/h2-3,5,7,10,17H,4,6,8H2,1H3. The molecule has 3 rings (SSSR count). The molecule has 0 aliphatic carbocycles. The van der Waals surface area contributed by atoms with Crippen molar-refractivity contribution in [2.24, 2.45) is 0 Å². The Labute approximate surface area is 110 Å². The van der Waals surface area contributed by atoms with E-state index >= 15 is 0 Å². The smallest absolute Gasteiger partial charge is 0.151 e. The second kappa shape index (κ2) is 4.66. The zero-order chi connectivity index (χ0) is 12.5. The molecule has 94 valence electrons. The van der Waals surface area contributed by atoms with E-state index in [2.05, 4.69) is 33.5 Å². The van der Waals surface area contributed by atoms with E-state index in [1.54, 1.807) is 11.3 Å². The average Bonchev–Trinajstić information content (AvgIpc) is 2.98. The zero-order valence-electron chi connectivity index (χ0n) is 10.2. The van der Waals surface area contributed by atoms with Crippen LogP contribution >= 0.6 is 11.3 Å². The van der Waals surface area contributed by atoms with Crippen molar-refractivity contribution in [3.05, 3.63) is 29.1 Å². The topological polar surface area (TPSA) is 49.2 Å². The number of aromatic nitrogens is 2. The van der Waals surface area contributed by atoms with E-state index in [0.29, 0.717) is 6.54 Å². The van der Waals surface area contributed by atoms with E-state index in [1.165, 1.54) is 10.4 Å². The van der Waals surface area contributed by atoms with Gasteiger partial charge >= 0.3 is 0 Å². The fraction of sp³-hybridized carbons (Fsp3) is 0.385. The molecule has 1 aliphatic rings. The number of nitrogens with zero attached hydrogens (tertiary/aromatic N) is 3. The minimum Gasteiger partial charge on any atom is -0.391 e. The van der Waals surface area contributed by atoms with Gasteiger partial charge in [-0.05, 0) is 42.5 Å². The summed E-state index contributed by atoms with van der Waals surface area (Å²) in [6, 6.07) is 6.08. The van der Waals surface area contributed by atoms with Gasteiger partial charge in [0.15, 0.2) is 5.82 Å². The SMILES string of the molecule is Cc1ccsc1-c1ccc(N2CCC(O)C2)nn1. The average molecular weight is 261 g/mol. The van der Waals surface area contributed by atoms with Gasteiger partial charge in [0, 0.05) is 13.1 Å². The summed E-state index contributed by atoms with van der Waals surface area (Å²) in [4.78, 5) is 3.25. The van der Waals surface area contributed by atoms with Crippen LogP contribution in [-0.2, 0) is 0 Å². The molecule has 0 saturated carbocycles. The molecular weight excluding hydrogens is 246 g/mol. The first-order chi connectivity index (χ1) is 8.74. The molecule has 2 aromatic heterocycles. The number of hydrogen-bond acceptors (Lipinski definition) is 5. The van der Waals surface area contributed by atoms with Crippen molar-refractivity contribution in [3.63, 3.8) is 0 Å². The normalized spacial score (nSPS) is 19.4. The second-order valence-corrected chi connectivity index (χ2v) is 5.51. The lowest BCUT2D eigenvalue weighted by molar-refractivity contribution is 0.198. The molecule has 0 radical (unpaired) electrons. The second-order valence-electron chi connectivity index (χ2n) is 4.60. The van der Waals surface area contributed by atoms with Gasteiger partial charge in [0.25, 0.3) is 0 Å². The molecule has 1 unspecified atom stereocenters. The third kappa shape index (κ3) is 2.11. The molecule has 4 nitrogen and oxygen atoms in total. The van der Waals surface area contributed by atoms with E-state index in [9.17, 15) is 5.11 Å². The van der Waals surface area contributed by atoms with Crippen LogP contribution in [0.1, 0.15) is 12.0 Å². The van der Waals surface area contributed by atoms with Gasteiger partial charge in [-0.3, -0.25) is 0 Å². The van der Waals surface area contributed by atoms with Crippen molar-refractivity contribution in [3.8, 4) is 10.6 Å². The van der Waals surface area contributed by atoms with Gasteiger partial charge < -0.3 is 10.0 Å². The molecule has 3 heterocycles. The Morgan fingerprint density at radius 2 is 2.22 bits per heavy atom. The molecule has 0 bridgehead atoms. The first-order valence-electron chi connectivity index (χ1n) is 6.05. The Morgan fingerprint density at radius 3 is 2.78 bits per heavy atom. The number of β-amino-alcohol motifs (C(OH)–C–C–N with tert-alkyl or cyclic N) is 1. The highest BCUT2D eigenvalue weighted by atomic mass is 32.1. The third-order valence-corrected chi connectivity index (χ3v) is 4.27. The van der Waals surface area contributed by atoms with Gasteiger partial charge in [-0.15, -0.1) is 21.5 Å². The summed E-state index contributed by atoms with van der Waals surface area (Å²) in [6.45, 7) is 3.59. The summed E-state index contributed by atoms with van der Waals surface area (Å²) in [5.74, 6) is 0.851. The summed E-state index contributed by atoms with van der Waals surface area (Å²) >= 11 is 1.69. The minimum absolute atomic E-state index is 0.231. The van der Waals surface area contributed by atoms with E-state index in [1.807, 2.05) is 12.1 Å². The van der Waals surface area contributed by atoms with Crippen LogP contribution in [0.15, 0.2) is 23.6 Å². The van der Waals surface area contributed by atoms with Crippen LogP contribution in [0.3, 0.4) is 0 Å². The molecule has 2 aromatic rings. The van der Waals surface area contributed by atoms with Gasteiger partial charge in [-0.25, -0.2) is 0 Å². The van der Waals surface area contributed by atoms with Gasteiger partial charge in [0.05, 0.1) is 11.0 Å². The first kappa shape index (κ1) is 11.6. The van der Waals surface area contributed by atoms with Crippen molar-refractivity contribution in [2.75, 3.05) is 18.0 Å². The largest absolute Gasteiger partial charge is 0.391 e. The fourth-order valence-electron chi connectivity index (χ4n) is 2.20. The molecule has 1 N–H and O–H groups in total. The van der Waals surface area contributed by atoms with Crippen LogP contribution in [0.2, 0.25) is 0 Å². The molecule has 5 heteroatoms. The fourth-order valence-corrected chi connectivity index (χ4v) is 3.09. The van der Waals surface area contributed by atoms with E-state index in [-0.39, 0.29) is 6.10 Å². The van der Waals surface area contributed by atoms with Crippen molar-refractivity contribution in [2.45, 2.75) is 19.4 Å². The lowest BCUT2D eigenvalue weighted by Gasteiger charge is -2.15. The van der Waals surface area contributed by atoms with E-state index in [0.717, 1.165) is 24.5 Å². The van der Waals surface area contributed by atoms with Crippen molar-refractivity contribution >= 4 is 17.2 Å². The molecule has 18 heavy (non-hydrogen) atoms. The van der Waals surface area contributed by atoms with E-state index in [4.69, 9.17) is 0 Å². The first-order valence-corrected chi connectivity index (χ1v) is 6.93. The van der Waals surface area contributed by atoms with Crippen LogP contribution in [0.25, 0.3) is 10.6 Å². The number of anilines is 1. The Bertz CT molecular complexity index is 537. The zero-order valence-corrected chi connectivity index (χ0v) is 11.0. The summed E-state index contributed by atoms with van der Waals surface area (Å²) in [6.07, 6.45) is 0.582. The molecule has 1 aliphatic heterocycles. The minimum atomic E-state index is -0.231. The Kier molecular flexibility index (Phi) is 3.01. The number of aliphatic hydroxyl groups excluding tert-OH is 1. The third-order valence-electron chi connectivity index (χ3n) is 3.23. The molecular formula is C13H15N3OS. The van der Waals surface area contributed by atoms with Crippen LogP contribution in [0.4, 0.5) is 5.82 Å². The monoisotopic (exact) mass is 261 g/mol. The Hall–Kier alpha value is -1.46.